The third-order valence-corrected chi connectivity index (χ3v) is 4.24. The van der Waals surface area contributed by atoms with Crippen molar-refractivity contribution in [2.24, 2.45) is 0 Å². The molecule has 0 saturated heterocycles. The second-order valence-corrected chi connectivity index (χ2v) is 5.25. The molecule has 3 rings (SSSR count). The molecule has 1 unspecified atom stereocenters. The van der Waals surface area contributed by atoms with Crippen LogP contribution in [-0.4, -0.2) is 21.3 Å². The van der Waals surface area contributed by atoms with Crippen LogP contribution >= 0.6 is 11.3 Å². The third-order valence-electron chi connectivity index (χ3n) is 3.28. The van der Waals surface area contributed by atoms with Crippen molar-refractivity contribution < 1.29 is 0 Å². The lowest BCUT2D eigenvalue weighted by molar-refractivity contribution is 0.439. The largest absolute Gasteiger partial charge is 0.308 e. The number of rotatable bonds is 2. The topological polar surface area (TPSA) is 42.7 Å². The summed E-state index contributed by atoms with van der Waals surface area (Å²) in [6, 6.07) is 2.49. The van der Waals surface area contributed by atoms with Gasteiger partial charge in [0.2, 0.25) is 0 Å². The van der Waals surface area contributed by atoms with Crippen molar-refractivity contribution in [3.63, 3.8) is 0 Å². The number of aryl methyl sites for hydroxylation is 1. The van der Waals surface area contributed by atoms with Crippen LogP contribution in [0, 0.1) is 0 Å². The monoisotopic (exact) mass is 248 g/mol. The quantitative estimate of drug-likeness (QED) is 0.886. The van der Waals surface area contributed by atoms with Crippen molar-refractivity contribution in [2.45, 2.75) is 32.9 Å². The molecule has 0 amide bonds. The van der Waals surface area contributed by atoms with E-state index in [9.17, 15) is 0 Å². The number of fused-ring (bicyclic) bond motifs is 1. The summed E-state index contributed by atoms with van der Waals surface area (Å²) in [5, 5.41) is 14.3. The van der Waals surface area contributed by atoms with Gasteiger partial charge in [0.1, 0.15) is 5.82 Å². The number of nitrogens with zero attached hydrogens (tertiary/aromatic N) is 3. The van der Waals surface area contributed by atoms with Gasteiger partial charge < -0.3 is 9.88 Å². The molecule has 90 valence electrons. The molecule has 0 saturated carbocycles. The molecule has 0 spiro atoms. The Kier molecular flexibility index (Phi) is 2.72. The first kappa shape index (κ1) is 10.9. The number of thiophene rings is 1. The van der Waals surface area contributed by atoms with Crippen molar-refractivity contribution in [1.82, 2.24) is 20.1 Å². The molecule has 17 heavy (non-hydrogen) atoms. The summed E-state index contributed by atoms with van der Waals surface area (Å²) in [6.45, 7) is 6.27. The van der Waals surface area contributed by atoms with Gasteiger partial charge in [-0.3, -0.25) is 0 Å². The van der Waals surface area contributed by atoms with Crippen LogP contribution in [0.15, 0.2) is 11.4 Å². The van der Waals surface area contributed by atoms with Crippen LogP contribution in [0.5, 0.6) is 0 Å². The SMILES string of the molecule is CCc1ccsc1-c1nnc2n1CCNC2C. The first-order chi connectivity index (χ1) is 8.31. The zero-order chi connectivity index (χ0) is 11.8. The third kappa shape index (κ3) is 1.70. The lowest BCUT2D eigenvalue weighted by Crippen LogP contribution is -2.32. The first-order valence-corrected chi connectivity index (χ1v) is 6.92. The molecule has 4 nitrogen and oxygen atoms in total. The fourth-order valence-corrected chi connectivity index (χ4v) is 3.31. The maximum atomic E-state index is 4.38. The van der Waals surface area contributed by atoms with Crippen LogP contribution in [-0.2, 0) is 13.0 Å². The van der Waals surface area contributed by atoms with E-state index in [2.05, 4.69) is 45.4 Å². The molecule has 0 aromatic carbocycles. The summed E-state index contributed by atoms with van der Waals surface area (Å²) in [7, 11) is 0. The highest BCUT2D eigenvalue weighted by Crippen LogP contribution is 2.30. The van der Waals surface area contributed by atoms with Crippen molar-refractivity contribution in [2.75, 3.05) is 6.54 Å². The minimum absolute atomic E-state index is 0.301. The van der Waals surface area contributed by atoms with Gasteiger partial charge in [-0.25, -0.2) is 0 Å². The highest BCUT2D eigenvalue weighted by Gasteiger charge is 2.23. The Bertz CT molecular complexity index is 528. The van der Waals surface area contributed by atoms with E-state index < -0.39 is 0 Å². The molecular formula is C12H16N4S. The van der Waals surface area contributed by atoms with Crippen molar-refractivity contribution >= 4 is 11.3 Å². The van der Waals surface area contributed by atoms with E-state index in [1.807, 2.05) is 0 Å². The molecule has 1 aliphatic rings. The predicted molar refractivity (Wildman–Crippen MR) is 69.1 cm³/mol. The minimum Gasteiger partial charge on any atom is -0.308 e. The Labute approximate surface area is 105 Å². The summed E-state index contributed by atoms with van der Waals surface area (Å²) in [5.74, 6) is 2.10. The zero-order valence-corrected chi connectivity index (χ0v) is 10.9. The van der Waals surface area contributed by atoms with E-state index in [4.69, 9.17) is 0 Å². The molecule has 1 aliphatic heterocycles. The van der Waals surface area contributed by atoms with E-state index in [0.29, 0.717) is 6.04 Å². The Balaban J connectivity index is 2.10. The van der Waals surface area contributed by atoms with Gasteiger partial charge in [-0.2, -0.15) is 0 Å². The van der Waals surface area contributed by atoms with Crippen LogP contribution in [0.2, 0.25) is 0 Å². The maximum Gasteiger partial charge on any atom is 0.174 e. The molecule has 3 heterocycles. The summed E-state index contributed by atoms with van der Waals surface area (Å²) in [6.07, 6.45) is 1.05. The van der Waals surface area contributed by atoms with Crippen LogP contribution in [0.25, 0.3) is 10.7 Å². The minimum atomic E-state index is 0.301. The molecule has 0 aliphatic carbocycles. The fourth-order valence-electron chi connectivity index (χ4n) is 2.32. The van der Waals surface area contributed by atoms with Gasteiger partial charge in [0.15, 0.2) is 5.82 Å². The normalized spacial score (nSPS) is 19.3. The molecule has 1 N–H and O–H groups in total. The Morgan fingerprint density at radius 2 is 2.41 bits per heavy atom. The number of hydrogen-bond donors (Lipinski definition) is 1. The van der Waals surface area contributed by atoms with E-state index >= 15 is 0 Å². The van der Waals surface area contributed by atoms with Gasteiger partial charge in [-0.1, -0.05) is 6.92 Å². The van der Waals surface area contributed by atoms with Crippen molar-refractivity contribution in [1.29, 1.82) is 0 Å². The number of hydrogen-bond acceptors (Lipinski definition) is 4. The molecule has 1 atom stereocenters. The average molecular weight is 248 g/mol. The van der Waals surface area contributed by atoms with Crippen LogP contribution < -0.4 is 5.32 Å². The molecule has 2 aromatic rings. The van der Waals surface area contributed by atoms with E-state index in [0.717, 1.165) is 31.2 Å². The maximum absolute atomic E-state index is 4.38. The molecule has 0 bridgehead atoms. The van der Waals surface area contributed by atoms with Gasteiger partial charge in [-0.05, 0) is 30.4 Å². The van der Waals surface area contributed by atoms with Crippen molar-refractivity contribution in [3.8, 4) is 10.7 Å². The Morgan fingerprint density at radius 1 is 1.53 bits per heavy atom. The molecular weight excluding hydrogens is 232 g/mol. The number of aromatic nitrogens is 3. The smallest absolute Gasteiger partial charge is 0.174 e. The highest BCUT2D eigenvalue weighted by molar-refractivity contribution is 7.13. The van der Waals surface area contributed by atoms with Gasteiger partial charge in [0.05, 0.1) is 10.9 Å². The van der Waals surface area contributed by atoms with Crippen LogP contribution in [0.1, 0.15) is 31.3 Å². The first-order valence-electron chi connectivity index (χ1n) is 6.04. The van der Waals surface area contributed by atoms with E-state index in [1.165, 1.54) is 10.4 Å². The molecule has 5 heteroatoms. The second kappa shape index (κ2) is 4.23. The standard InChI is InChI=1S/C12H16N4S/c1-3-9-4-7-17-10(9)12-15-14-11-8(2)13-5-6-16(11)12/h4,7-8,13H,3,5-6H2,1-2H3. The van der Waals surface area contributed by atoms with Crippen LogP contribution in [0.3, 0.4) is 0 Å². The lowest BCUT2D eigenvalue weighted by atomic mass is 10.2. The van der Waals surface area contributed by atoms with Gasteiger partial charge in [0.25, 0.3) is 0 Å². The van der Waals surface area contributed by atoms with Gasteiger partial charge in [0, 0.05) is 13.1 Å². The molecule has 0 fully saturated rings. The van der Waals surface area contributed by atoms with E-state index in [1.54, 1.807) is 11.3 Å². The summed E-state index contributed by atoms with van der Waals surface area (Å²) in [5.41, 5.74) is 1.37. The fraction of sp³-hybridized carbons (Fsp3) is 0.500. The zero-order valence-electron chi connectivity index (χ0n) is 10.1. The van der Waals surface area contributed by atoms with Crippen molar-refractivity contribution in [3.05, 3.63) is 22.8 Å². The second-order valence-electron chi connectivity index (χ2n) is 4.34. The van der Waals surface area contributed by atoms with Crippen LogP contribution in [0.4, 0.5) is 0 Å². The average Bonchev–Trinajstić information content (AvgIpc) is 2.94. The lowest BCUT2D eigenvalue weighted by Gasteiger charge is -2.21. The predicted octanol–water partition coefficient (Wildman–Crippen LogP) is 2.23. The Hall–Kier alpha value is -1.20. The van der Waals surface area contributed by atoms with Gasteiger partial charge in [-0.15, -0.1) is 21.5 Å². The molecule has 0 radical (unpaired) electrons. The number of nitrogens with one attached hydrogen (secondary N) is 1. The highest BCUT2D eigenvalue weighted by atomic mass is 32.1. The summed E-state index contributed by atoms with van der Waals surface area (Å²) < 4.78 is 2.26. The Morgan fingerprint density at radius 3 is 3.24 bits per heavy atom. The van der Waals surface area contributed by atoms with Gasteiger partial charge >= 0.3 is 0 Å². The molecule has 2 aromatic heterocycles. The summed E-state index contributed by atoms with van der Waals surface area (Å²) in [4.78, 5) is 1.28. The van der Waals surface area contributed by atoms with E-state index in [-0.39, 0.29) is 0 Å². The summed E-state index contributed by atoms with van der Waals surface area (Å²) >= 11 is 1.76.